The van der Waals surface area contributed by atoms with Crippen molar-refractivity contribution in [3.05, 3.63) is 64.9 Å². The number of ether oxygens (including phenoxy) is 2. The Labute approximate surface area is 202 Å². The van der Waals surface area contributed by atoms with Crippen molar-refractivity contribution in [2.45, 2.75) is 25.5 Å². The Morgan fingerprint density at radius 1 is 1.21 bits per heavy atom. The molecule has 3 aromatic rings. The van der Waals surface area contributed by atoms with Crippen LogP contribution in [0.1, 0.15) is 18.4 Å². The Bertz CT molecular complexity index is 1180. The summed E-state index contributed by atoms with van der Waals surface area (Å²) in [5.74, 6) is 1.81. The van der Waals surface area contributed by atoms with Crippen LogP contribution in [0.4, 0.5) is 5.82 Å². The smallest absolute Gasteiger partial charge is 0.245 e. The molecule has 2 heterocycles. The fourth-order valence-electron chi connectivity index (χ4n) is 3.80. The van der Waals surface area contributed by atoms with Gasteiger partial charge in [-0.3, -0.25) is 4.79 Å². The third-order valence-electron chi connectivity index (χ3n) is 5.60. The first kappa shape index (κ1) is 23.1. The van der Waals surface area contributed by atoms with E-state index in [2.05, 4.69) is 21.9 Å². The van der Waals surface area contributed by atoms with Crippen LogP contribution in [0.15, 0.2) is 49.3 Å². The molecule has 4 rings (SSSR count). The van der Waals surface area contributed by atoms with Crippen molar-refractivity contribution in [1.82, 2.24) is 14.9 Å². The van der Waals surface area contributed by atoms with Crippen LogP contribution in [0, 0.1) is 0 Å². The van der Waals surface area contributed by atoms with Gasteiger partial charge in [0.25, 0.3) is 0 Å². The summed E-state index contributed by atoms with van der Waals surface area (Å²) in [5.41, 5.74) is 1.63. The lowest BCUT2D eigenvalue weighted by Gasteiger charge is -2.31. The zero-order chi connectivity index (χ0) is 23.4. The van der Waals surface area contributed by atoms with Crippen LogP contribution in [0.25, 0.3) is 10.9 Å². The number of carbonyl (C=O) groups excluding carboxylic acids is 1. The number of rotatable bonds is 7. The highest BCUT2D eigenvalue weighted by Gasteiger charge is 2.24. The molecular formula is C24H24Cl2N4O3. The normalized spacial score (nSPS) is 14.2. The molecule has 1 aliphatic rings. The van der Waals surface area contributed by atoms with Crippen LogP contribution < -0.4 is 14.8 Å². The number of nitrogens with one attached hydrogen (secondary N) is 1. The van der Waals surface area contributed by atoms with E-state index < -0.39 is 0 Å². The summed E-state index contributed by atoms with van der Waals surface area (Å²) in [6.07, 6.45) is 4.28. The van der Waals surface area contributed by atoms with Gasteiger partial charge in [-0.15, -0.1) is 0 Å². The molecule has 0 atom stereocenters. The first-order chi connectivity index (χ1) is 16.0. The van der Waals surface area contributed by atoms with Crippen molar-refractivity contribution >= 4 is 45.8 Å². The minimum Gasteiger partial charge on any atom is -0.493 e. The minimum absolute atomic E-state index is 0.0286. The van der Waals surface area contributed by atoms with Crippen molar-refractivity contribution in [2.75, 3.05) is 25.5 Å². The third-order valence-corrected chi connectivity index (χ3v) is 6.19. The van der Waals surface area contributed by atoms with Gasteiger partial charge in [-0.05, 0) is 29.8 Å². The third kappa shape index (κ3) is 5.31. The lowest BCUT2D eigenvalue weighted by Crippen LogP contribution is -2.41. The molecule has 7 nitrogen and oxygen atoms in total. The zero-order valence-corrected chi connectivity index (χ0v) is 19.7. The highest BCUT2D eigenvalue weighted by molar-refractivity contribution is 6.35. The molecule has 1 aliphatic heterocycles. The van der Waals surface area contributed by atoms with E-state index in [9.17, 15) is 4.79 Å². The molecular weight excluding hydrogens is 463 g/mol. The number of benzene rings is 2. The number of hydrogen-bond acceptors (Lipinski definition) is 6. The molecule has 1 aromatic heterocycles. The van der Waals surface area contributed by atoms with Gasteiger partial charge in [-0.25, -0.2) is 9.97 Å². The minimum atomic E-state index is -0.0506. The van der Waals surface area contributed by atoms with Crippen LogP contribution in [0.3, 0.4) is 0 Å². The van der Waals surface area contributed by atoms with Crippen LogP contribution in [-0.2, 0) is 11.3 Å². The Kier molecular flexibility index (Phi) is 7.20. The quantitative estimate of drug-likeness (QED) is 0.467. The molecule has 1 saturated heterocycles. The van der Waals surface area contributed by atoms with Crippen molar-refractivity contribution < 1.29 is 14.3 Å². The van der Waals surface area contributed by atoms with Gasteiger partial charge < -0.3 is 19.7 Å². The average molecular weight is 487 g/mol. The summed E-state index contributed by atoms with van der Waals surface area (Å²) >= 11 is 12.3. The number of nitrogens with zero attached hydrogens (tertiary/aromatic N) is 3. The average Bonchev–Trinajstić information content (AvgIpc) is 2.83. The number of carbonyl (C=O) groups is 1. The maximum atomic E-state index is 11.8. The van der Waals surface area contributed by atoms with Crippen LogP contribution in [-0.4, -0.2) is 47.1 Å². The van der Waals surface area contributed by atoms with E-state index in [1.165, 1.54) is 12.4 Å². The van der Waals surface area contributed by atoms with Crippen molar-refractivity contribution in [1.29, 1.82) is 0 Å². The lowest BCUT2D eigenvalue weighted by atomic mass is 10.1. The summed E-state index contributed by atoms with van der Waals surface area (Å²) in [4.78, 5) is 22.4. The van der Waals surface area contributed by atoms with Crippen molar-refractivity contribution in [3.8, 4) is 11.5 Å². The number of anilines is 1. The molecule has 1 fully saturated rings. The predicted octanol–water partition coefficient (Wildman–Crippen LogP) is 5.11. The maximum Gasteiger partial charge on any atom is 0.245 e. The number of piperidine rings is 1. The highest BCUT2D eigenvalue weighted by atomic mass is 35.5. The van der Waals surface area contributed by atoms with E-state index in [-0.39, 0.29) is 12.0 Å². The SMILES string of the molecule is C=CC(=O)N1CCC(Oc2cc3c(NCc4ccc(Cl)cc4Cl)ncnc3cc2OC)CC1. The molecule has 0 saturated carbocycles. The predicted molar refractivity (Wildman–Crippen MR) is 130 cm³/mol. The first-order valence-corrected chi connectivity index (χ1v) is 11.3. The number of halogens is 2. The molecule has 172 valence electrons. The molecule has 0 radical (unpaired) electrons. The summed E-state index contributed by atoms with van der Waals surface area (Å²) < 4.78 is 11.8. The lowest BCUT2D eigenvalue weighted by molar-refractivity contribution is -0.127. The summed E-state index contributed by atoms with van der Waals surface area (Å²) in [7, 11) is 1.60. The fourth-order valence-corrected chi connectivity index (χ4v) is 4.28. The molecule has 33 heavy (non-hydrogen) atoms. The Balaban J connectivity index is 1.55. The Morgan fingerprint density at radius 3 is 2.70 bits per heavy atom. The number of hydrogen-bond donors (Lipinski definition) is 1. The summed E-state index contributed by atoms with van der Waals surface area (Å²) in [6.45, 7) is 5.28. The molecule has 0 bridgehead atoms. The van der Waals surface area contributed by atoms with Gasteiger partial charge in [-0.2, -0.15) is 0 Å². The Hall–Kier alpha value is -3.03. The van der Waals surface area contributed by atoms with Crippen molar-refractivity contribution in [3.63, 3.8) is 0 Å². The first-order valence-electron chi connectivity index (χ1n) is 10.6. The maximum absolute atomic E-state index is 11.8. The van der Waals surface area contributed by atoms with Gasteiger partial charge in [0.2, 0.25) is 5.91 Å². The molecule has 9 heteroatoms. The van der Waals surface area contributed by atoms with E-state index in [0.29, 0.717) is 47.0 Å². The summed E-state index contributed by atoms with van der Waals surface area (Å²) in [5, 5.41) is 5.30. The zero-order valence-electron chi connectivity index (χ0n) is 18.2. The largest absolute Gasteiger partial charge is 0.493 e. The van der Waals surface area contributed by atoms with Gasteiger partial charge in [0, 0.05) is 54.0 Å². The van der Waals surface area contributed by atoms with E-state index in [1.807, 2.05) is 18.2 Å². The standard InChI is InChI=1S/C24H24Cl2N4O3/c1-3-23(31)30-8-6-17(7-9-30)33-22-11-18-20(12-21(22)32-2)28-14-29-24(18)27-13-15-4-5-16(25)10-19(15)26/h3-5,10-12,14,17H,1,6-9,13H2,2H3,(H,27,28,29). The molecule has 1 N–H and O–H groups in total. The fraction of sp³-hybridized carbons (Fsp3) is 0.292. The molecule has 0 spiro atoms. The molecule has 0 aliphatic carbocycles. The Morgan fingerprint density at radius 2 is 2.00 bits per heavy atom. The number of aromatic nitrogens is 2. The summed E-state index contributed by atoms with van der Waals surface area (Å²) in [6, 6.07) is 9.11. The molecule has 2 aromatic carbocycles. The second-order valence-electron chi connectivity index (χ2n) is 7.68. The van der Waals surface area contributed by atoms with Gasteiger partial charge in [-0.1, -0.05) is 35.8 Å². The van der Waals surface area contributed by atoms with Gasteiger partial charge in [0.15, 0.2) is 11.5 Å². The van der Waals surface area contributed by atoms with Crippen LogP contribution in [0.5, 0.6) is 11.5 Å². The van der Waals surface area contributed by atoms with Crippen molar-refractivity contribution in [2.24, 2.45) is 0 Å². The van der Waals surface area contributed by atoms with Gasteiger partial charge >= 0.3 is 0 Å². The number of likely N-dealkylation sites (tertiary alicyclic amines) is 1. The number of methoxy groups -OCH3 is 1. The van der Waals surface area contributed by atoms with Gasteiger partial charge in [0.1, 0.15) is 18.2 Å². The second-order valence-corrected chi connectivity index (χ2v) is 8.52. The van der Waals surface area contributed by atoms with Gasteiger partial charge in [0.05, 0.1) is 12.6 Å². The number of amides is 1. The highest BCUT2D eigenvalue weighted by Crippen LogP contribution is 2.36. The van der Waals surface area contributed by atoms with Crippen LogP contribution >= 0.6 is 23.2 Å². The number of fused-ring (bicyclic) bond motifs is 1. The van der Waals surface area contributed by atoms with E-state index >= 15 is 0 Å². The van der Waals surface area contributed by atoms with E-state index in [1.54, 1.807) is 24.1 Å². The molecule has 1 amide bonds. The van der Waals surface area contributed by atoms with Crippen LogP contribution in [0.2, 0.25) is 10.0 Å². The van der Waals surface area contributed by atoms with E-state index in [0.717, 1.165) is 29.3 Å². The molecule has 0 unspecified atom stereocenters. The topological polar surface area (TPSA) is 76.6 Å². The van der Waals surface area contributed by atoms with E-state index in [4.69, 9.17) is 32.7 Å². The monoisotopic (exact) mass is 486 g/mol. The second kappa shape index (κ2) is 10.3.